The van der Waals surface area contributed by atoms with Gasteiger partial charge in [0.1, 0.15) is 0 Å². The molecule has 4 heteroatoms. The van der Waals surface area contributed by atoms with Gasteiger partial charge in [-0.1, -0.05) is 18.2 Å². The molecule has 1 radical (unpaired) electrons. The number of hydrogen-bond donors (Lipinski definition) is 1. The zero-order chi connectivity index (χ0) is 9.90. The van der Waals surface area contributed by atoms with Crippen LogP contribution in [-0.2, 0) is 12.6 Å². The third-order valence-corrected chi connectivity index (χ3v) is 1.61. The number of halogens is 3. The predicted octanol–water partition coefficient (Wildman–Crippen LogP) is 2.04. The molecule has 1 N–H and O–H groups in total. The van der Waals surface area contributed by atoms with Crippen molar-refractivity contribution in [2.24, 2.45) is 0 Å². The van der Waals surface area contributed by atoms with Gasteiger partial charge >= 0.3 is 6.18 Å². The van der Waals surface area contributed by atoms with Gasteiger partial charge in [0, 0.05) is 6.61 Å². The largest absolute Gasteiger partial charge is 0.417 e. The van der Waals surface area contributed by atoms with Crippen molar-refractivity contribution in [1.82, 2.24) is 0 Å². The summed E-state index contributed by atoms with van der Waals surface area (Å²) in [5.74, 6) is 0. The van der Waals surface area contributed by atoms with Gasteiger partial charge in [-0.2, -0.15) is 13.2 Å². The maximum Gasteiger partial charge on any atom is 0.417 e. The molecule has 0 atom stereocenters. The van der Waals surface area contributed by atoms with Crippen LogP contribution in [0.5, 0.6) is 0 Å². The van der Waals surface area contributed by atoms with Crippen molar-refractivity contribution < 1.29 is 18.3 Å². The highest BCUT2D eigenvalue weighted by Crippen LogP contribution is 2.31. The standard InChI is InChI=1S/C9H8F3O/c10-9(11,12)8-4-2-1-3-7(8)5-6-13/h1-3,13H,5-6H2. The summed E-state index contributed by atoms with van der Waals surface area (Å²) in [7, 11) is 0. The van der Waals surface area contributed by atoms with Crippen LogP contribution in [0.2, 0.25) is 0 Å². The zero-order valence-electron chi connectivity index (χ0n) is 6.73. The number of alkyl halides is 3. The Labute approximate surface area is 73.8 Å². The van der Waals surface area contributed by atoms with Crippen LogP contribution in [0.25, 0.3) is 0 Å². The minimum atomic E-state index is -4.38. The highest BCUT2D eigenvalue weighted by atomic mass is 19.4. The van der Waals surface area contributed by atoms with Gasteiger partial charge in [-0.05, 0) is 18.1 Å². The molecule has 0 heterocycles. The lowest BCUT2D eigenvalue weighted by Crippen LogP contribution is -2.10. The SMILES string of the molecule is OCCc1ccc[c]c1C(F)(F)F. The Morgan fingerprint density at radius 3 is 2.62 bits per heavy atom. The van der Waals surface area contributed by atoms with E-state index in [2.05, 4.69) is 6.07 Å². The van der Waals surface area contributed by atoms with Crippen molar-refractivity contribution in [3.63, 3.8) is 0 Å². The molecule has 0 saturated carbocycles. The molecule has 1 nitrogen and oxygen atoms in total. The molecule has 0 amide bonds. The van der Waals surface area contributed by atoms with Gasteiger partial charge in [0.15, 0.2) is 0 Å². The fourth-order valence-corrected chi connectivity index (χ4v) is 1.06. The fourth-order valence-electron chi connectivity index (χ4n) is 1.06. The average Bonchev–Trinajstić information content (AvgIpc) is 2.04. The van der Waals surface area contributed by atoms with Crippen LogP contribution < -0.4 is 0 Å². The predicted molar refractivity (Wildman–Crippen MR) is 41.1 cm³/mol. The molecule has 0 aliphatic heterocycles. The third kappa shape index (κ3) is 2.45. The van der Waals surface area contributed by atoms with Crippen LogP contribution in [-0.4, -0.2) is 11.7 Å². The highest BCUT2D eigenvalue weighted by Gasteiger charge is 2.32. The summed E-state index contributed by atoms with van der Waals surface area (Å²) in [5, 5.41) is 8.53. The molecule has 0 fully saturated rings. The van der Waals surface area contributed by atoms with Crippen molar-refractivity contribution >= 4 is 0 Å². The number of aliphatic hydroxyl groups excluding tert-OH is 1. The molecule has 0 saturated heterocycles. The molecule has 0 bridgehead atoms. The van der Waals surface area contributed by atoms with E-state index in [9.17, 15) is 13.2 Å². The zero-order valence-corrected chi connectivity index (χ0v) is 6.73. The second-order valence-electron chi connectivity index (χ2n) is 2.54. The van der Waals surface area contributed by atoms with Crippen LogP contribution in [0.1, 0.15) is 11.1 Å². The maximum atomic E-state index is 12.3. The lowest BCUT2D eigenvalue weighted by molar-refractivity contribution is -0.138. The van der Waals surface area contributed by atoms with Crippen molar-refractivity contribution in [3.05, 3.63) is 35.4 Å². The second kappa shape index (κ2) is 3.79. The van der Waals surface area contributed by atoms with Crippen molar-refractivity contribution in [2.75, 3.05) is 6.61 Å². The lowest BCUT2D eigenvalue weighted by Gasteiger charge is -2.10. The van der Waals surface area contributed by atoms with Gasteiger partial charge in [-0.3, -0.25) is 0 Å². The Morgan fingerprint density at radius 1 is 1.38 bits per heavy atom. The van der Waals surface area contributed by atoms with E-state index in [4.69, 9.17) is 5.11 Å². The Kier molecular flexibility index (Phi) is 2.93. The quantitative estimate of drug-likeness (QED) is 0.754. The Morgan fingerprint density at radius 2 is 2.08 bits per heavy atom. The van der Waals surface area contributed by atoms with Gasteiger partial charge in [-0.15, -0.1) is 0 Å². The summed E-state index contributed by atoms with van der Waals surface area (Å²) in [6.45, 7) is -0.291. The van der Waals surface area contributed by atoms with Crippen molar-refractivity contribution in [1.29, 1.82) is 0 Å². The average molecular weight is 189 g/mol. The molecular formula is C9H8F3O. The van der Waals surface area contributed by atoms with E-state index in [0.29, 0.717) is 0 Å². The Balaban J connectivity index is 3.05. The first kappa shape index (κ1) is 10.1. The summed E-state index contributed by atoms with van der Waals surface area (Å²) < 4.78 is 36.8. The first-order valence-electron chi connectivity index (χ1n) is 3.73. The first-order chi connectivity index (χ1) is 6.05. The molecule has 0 aliphatic carbocycles. The number of hydrogen-bond acceptors (Lipinski definition) is 1. The molecule has 71 valence electrons. The number of aliphatic hydroxyl groups is 1. The molecule has 1 aromatic carbocycles. The van der Waals surface area contributed by atoms with Crippen LogP contribution in [0.3, 0.4) is 0 Å². The van der Waals surface area contributed by atoms with E-state index in [-0.39, 0.29) is 18.6 Å². The van der Waals surface area contributed by atoms with E-state index < -0.39 is 11.7 Å². The molecule has 1 rings (SSSR count). The molecule has 0 aliphatic rings. The summed E-state index contributed by atoms with van der Waals surface area (Å²) in [5.41, 5.74) is -0.707. The van der Waals surface area contributed by atoms with Gasteiger partial charge in [-0.25, -0.2) is 0 Å². The molecular weight excluding hydrogens is 181 g/mol. The monoisotopic (exact) mass is 189 g/mol. The topological polar surface area (TPSA) is 20.2 Å². The molecule has 0 aromatic heterocycles. The maximum absolute atomic E-state index is 12.3. The number of rotatable bonds is 2. The van der Waals surface area contributed by atoms with E-state index >= 15 is 0 Å². The van der Waals surface area contributed by atoms with E-state index in [1.54, 1.807) is 0 Å². The van der Waals surface area contributed by atoms with Crippen molar-refractivity contribution in [3.8, 4) is 0 Å². The second-order valence-corrected chi connectivity index (χ2v) is 2.54. The molecule has 13 heavy (non-hydrogen) atoms. The fraction of sp³-hybridized carbons (Fsp3) is 0.333. The summed E-state index contributed by atoms with van der Waals surface area (Å²) >= 11 is 0. The van der Waals surface area contributed by atoms with E-state index in [0.717, 1.165) is 0 Å². The smallest absolute Gasteiger partial charge is 0.396 e. The number of benzene rings is 1. The summed E-state index contributed by atoms with van der Waals surface area (Å²) in [4.78, 5) is 0. The van der Waals surface area contributed by atoms with Crippen molar-refractivity contribution in [2.45, 2.75) is 12.6 Å². The molecule has 0 unspecified atom stereocenters. The van der Waals surface area contributed by atoms with Crippen LogP contribution in [0.4, 0.5) is 13.2 Å². The van der Waals surface area contributed by atoms with E-state index in [1.165, 1.54) is 18.2 Å². The lowest BCUT2D eigenvalue weighted by atomic mass is 10.0. The van der Waals surface area contributed by atoms with Crippen LogP contribution in [0.15, 0.2) is 18.2 Å². The molecule has 1 aromatic rings. The van der Waals surface area contributed by atoms with Crippen LogP contribution in [0, 0.1) is 6.07 Å². The summed E-state index contributed by atoms with van der Waals surface area (Å²) in [6, 6.07) is 6.15. The van der Waals surface area contributed by atoms with Gasteiger partial charge in [0.05, 0.1) is 5.56 Å². The third-order valence-electron chi connectivity index (χ3n) is 1.61. The van der Waals surface area contributed by atoms with Gasteiger partial charge < -0.3 is 5.11 Å². The summed E-state index contributed by atoms with van der Waals surface area (Å²) in [6.07, 6.45) is -4.38. The van der Waals surface area contributed by atoms with Crippen LogP contribution >= 0.6 is 0 Å². The minimum Gasteiger partial charge on any atom is -0.396 e. The Hall–Kier alpha value is -1.03. The normalized spacial score (nSPS) is 11.7. The molecule has 0 spiro atoms. The Bertz CT molecular complexity index is 280. The van der Waals surface area contributed by atoms with E-state index in [1.807, 2.05) is 0 Å². The van der Waals surface area contributed by atoms with Gasteiger partial charge in [0.25, 0.3) is 0 Å². The van der Waals surface area contributed by atoms with Gasteiger partial charge in [0.2, 0.25) is 0 Å². The first-order valence-corrected chi connectivity index (χ1v) is 3.73. The highest BCUT2D eigenvalue weighted by molar-refractivity contribution is 5.28. The minimum absolute atomic E-state index is 0.00613.